The molecular weight excluding hydrogens is 407 g/mol. The minimum atomic E-state index is -0.591. The van der Waals surface area contributed by atoms with Gasteiger partial charge in [0.2, 0.25) is 5.95 Å². The molecule has 6 rings (SSSR count). The fourth-order valence-corrected chi connectivity index (χ4v) is 5.15. The van der Waals surface area contributed by atoms with Gasteiger partial charge in [-0.25, -0.2) is 14.8 Å². The fraction of sp³-hybridized carbons (Fsp3) is 0.250. The molecule has 1 unspecified atom stereocenters. The molecule has 1 saturated carbocycles. The van der Waals surface area contributed by atoms with Crippen molar-refractivity contribution in [3.8, 4) is 0 Å². The number of fused-ring (bicyclic) bond motifs is 2. The van der Waals surface area contributed by atoms with Crippen molar-refractivity contribution in [1.82, 2.24) is 24.6 Å². The lowest BCUT2D eigenvalue weighted by Gasteiger charge is -2.22. The summed E-state index contributed by atoms with van der Waals surface area (Å²) in [5, 5.41) is 4.31. The maximum absolute atomic E-state index is 14.3. The third-order valence-electron chi connectivity index (χ3n) is 5.96. The van der Waals surface area contributed by atoms with Crippen LogP contribution < -0.4 is 11.2 Å². The molecule has 1 aromatic carbocycles. The summed E-state index contributed by atoms with van der Waals surface area (Å²) in [6, 6.07) is 6.31. The van der Waals surface area contributed by atoms with Crippen molar-refractivity contribution in [1.29, 1.82) is 0 Å². The Kier molecular flexibility index (Phi) is 3.66. The number of benzene rings is 1. The third kappa shape index (κ3) is 2.67. The Labute approximate surface area is 172 Å². The van der Waals surface area contributed by atoms with Crippen molar-refractivity contribution in [2.45, 2.75) is 24.7 Å². The molecule has 3 aromatic heterocycles. The largest absolute Gasteiger partial charge is 0.325 e. The predicted octanol–water partition coefficient (Wildman–Crippen LogP) is 2.55. The number of imidazole rings is 1. The number of aromatic nitrogens is 5. The van der Waals surface area contributed by atoms with Crippen molar-refractivity contribution in [2.24, 2.45) is 11.0 Å². The molecule has 0 spiro atoms. The predicted molar refractivity (Wildman–Crippen MR) is 110 cm³/mol. The van der Waals surface area contributed by atoms with E-state index in [1.807, 2.05) is 11.6 Å². The van der Waals surface area contributed by atoms with Gasteiger partial charge in [-0.15, -0.1) is 11.3 Å². The Morgan fingerprint density at radius 2 is 2.10 bits per heavy atom. The molecule has 1 aliphatic heterocycles. The van der Waals surface area contributed by atoms with E-state index >= 15 is 0 Å². The molecule has 10 heteroatoms. The van der Waals surface area contributed by atoms with Gasteiger partial charge >= 0.3 is 5.69 Å². The molecule has 2 aliphatic rings. The van der Waals surface area contributed by atoms with Gasteiger partial charge in [-0.05, 0) is 36.0 Å². The van der Waals surface area contributed by atoms with Crippen molar-refractivity contribution >= 4 is 27.3 Å². The Morgan fingerprint density at radius 1 is 1.20 bits per heavy atom. The summed E-state index contributed by atoms with van der Waals surface area (Å²) in [4.78, 5) is 36.9. The molecule has 1 aliphatic carbocycles. The molecule has 30 heavy (non-hydrogen) atoms. The monoisotopic (exact) mass is 422 g/mol. The SMILES string of the molecule is O=c1[nH]cc(C2=Nn3c(F)cnc3C([C@H]3C[C@@H]3c3ccc4ncsc4c3)C2)c(=O)[nH]1. The van der Waals surface area contributed by atoms with Gasteiger partial charge in [-0.2, -0.15) is 14.2 Å². The Balaban J connectivity index is 1.37. The maximum atomic E-state index is 14.3. The summed E-state index contributed by atoms with van der Waals surface area (Å²) in [7, 11) is 0. The van der Waals surface area contributed by atoms with Crippen LogP contribution in [0.15, 0.2) is 50.8 Å². The maximum Gasteiger partial charge on any atom is 0.325 e. The molecule has 150 valence electrons. The number of halogens is 1. The van der Waals surface area contributed by atoms with E-state index in [4.69, 9.17) is 0 Å². The molecule has 1 fully saturated rings. The first-order chi connectivity index (χ1) is 14.6. The first-order valence-electron chi connectivity index (χ1n) is 9.55. The number of nitrogens with one attached hydrogen (secondary N) is 2. The van der Waals surface area contributed by atoms with Gasteiger partial charge in [0.05, 0.1) is 33.2 Å². The van der Waals surface area contributed by atoms with Crippen LogP contribution in [0.3, 0.4) is 0 Å². The van der Waals surface area contributed by atoms with E-state index in [1.165, 1.54) is 16.4 Å². The summed E-state index contributed by atoms with van der Waals surface area (Å²) < 4.78 is 16.7. The number of aromatic amines is 2. The van der Waals surface area contributed by atoms with E-state index in [9.17, 15) is 14.0 Å². The smallest absolute Gasteiger partial charge is 0.313 e. The topological polar surface area (TPSA) is 109 Å². The van der Waals surface area contributed by atoms with Gasteiger partial charge in [0.15, 0.2) is 0 Å². The summed E-state index contributed by atoms with van der Waals surface area (Å²) in [5.74, 6) is 0.529. The lowest BCUT2D eigenvalue weighted by Crippen LogP contribution is -2.30. The summed E-state index contributed by atoms with van der Waals surface area (Å²) in [6.45, 7) is 0. The van der Waals surface area contributed by atoms with Crippen LogP contribution >= 0.6 is 11.3 Å². The molecule has 4 aromatic rings. The van der Waals surface area contributed by atoms with Crippen LogP contribution in [0.25, 0.3) is 10.2 Å². The molecule has 3 atom stereocenters. The summed E-state index contributed by atoms with van der Waals surface area (Å²) >= 11 is 1.61. The van der Waals surface area contributed by atoms with Gasteiger partial charge in [-0.1, -0.05) is 6.07 Å². The first kappa shape index (κ1) is 17.5. The fourth-order valence-electron chi connectivity index (χ4n) is 4.43. The van der Waals surface area contributed by atoms with Gasteiger partial charge in [-0.3, -0.25) is 9.78 Å². The summed E-state index contributed by atoms with van der Waals surface area (Å²) in [6.07, 6.45) is 3.90. The van der Waals surface area contributed by atoms with E-state index in [-0.39, 0.29) is 17.4 Å². The van der Waals surface area contributed by atoms with Crippen molar-refractivity contribution in [3.63, 3.8) is 0 Å². The highest BCUT2D eigenvalue weighted by Crippen LogP contribution is 2.57. The average Bonchev–Trinajstić information content (AvgIpc) is 3.24. The van der Waals surface area contributed by atoms with Gasteiger partial charge in [0.25, 0.3) is 5.56 Å². The van der Waals surface area contributed by atoms with Gasteiger partial charge in [0.1, 0.15) is 5.82 Å². The number of hydrogen-bond donors (Lipinski definition) is 2. The zero-order valence-electron chi connectivity index (χ0n) is 15.5. The zero-order chi connectivity index (χ0) is 20.4. The Morgan fingerprint density at radius 3 is 2.97 bits per heavy atom. The molecule has 0 bridgehead atoms. The van der Waals surface area contributed by atoms with Crippen LogP contribution in [0.1, 0.15) is 41.6 Å². The number of rotatable bonds is 3. The molecule has 0 amide bonds. The third-order valence-corrected chi connectivity index (χ3v) is 6.75. The number of H-pyrrole nitrogens is 2. The Hall–Kier alpha value is -3.40. The second kappa shape index (κ2) is 6.30. The van der Waals surface area contributed by atoms with Crippen LogP contribution in [0.2, 0.25) is 0 Å². The van der Waals surface area contributed by atoms with E-state index in [0.717, 1.165) is 22.8 Å². The molecule has 8 nitrogen and oxygen atoms in total. The first-order valence-corrected chi connectivity index (χ1v) is 10.4. The molecule has 0 radical (unpaired) electrons. The van der Waals surface area contributed by atoms with Gasteiger partial charge in [0, 0.05) is 18.5 Å². The van der Waals surface area contributed by atoms with E-state index < -0.39 is 17.2 Å². The molecule has 4 heterocycles. The van der Waals surface area contributed by atoms with Crippen LogP contribution in [0.4, 0.5) is 4.39 Å². The quantitative estimate of drug-likeness (QED) is 0.529. The van der Waals surface area contributed by atoms with Crippen molar-refractivity contribution in [3.05, 3.63) is 79.8 Å². The van der Waals surface area contributed by atoms with E-state index in [1.54, 1.807) is 11.3 Å². The standard InChI is InChI=1S/C20H15FN6O2S/c21-17-7-22-18-12(5-15(26-27(17)18)13-6-23-20(29)25-19(13)28)11-4-10(11)9-1-2-14-16(3-9)30-8-24-14/h1-3,6-8,10-12H,4-5H2,(H2,23,25,28,29)/t10-,11+,12?/m1/s1. The summed E-state index contributed by atoms with van der Waals surface area (Å²) in [5.41, 5.74) is 3.61. The second-order valence-electron chi connectivity index (χ2n) is 7.68. The number of nitrogens with zero attached hydrogens (tertiary/aromatic N) is 4. The lowest BCUT2D eigenvalue weighted by molar-refractivity contribution is 0.470. The minimum absolute atomic E-state index is 0.0736. The minimum Gasteiger partial charge on any atom is -0.313 e. The van der Waals surface area contributed by atoms with Crippen LogP contribution in [-0.4, -0.2) is 30.3 Å². The Bertz CT molecular complexity index is 1450. The highest BCUT2D eigenvalue weighted by molar-refractivity contribution is 7.16. The zero-order valence-corrected chi connectivity index (χ0v) is 16.3. The molecular formula is C20H15FN6O2S. The number of hydrogen-bond acceptors (Lipinski definition) is 6. The highest BCUT2D eigenvalue weighted by atomic mass is 32.1. The number of thiazole rings is 1. The van der Waals surface area contributed by atoms with Gasteiger partial charge < -0.3 is 4.98 Å². The molecule has 0 saturated heterocycles. The van der Waals surface area contributed by atoms with E-state index in [2.05, 4.69) is 37.2 Å². The second-order valence-corrected chi connectivity index (χ2v) is 8.57. The normalized spacial score (nSPS) is 22.7. The van der Waals surface area contributed by atoms with Crippen LogP contribution in [-0.2, 0) is 0 Å². The van der Waals surface area contributed by atoms with E-state index in [0.29, 0.717) is 23.9 Å². The highest BCUT2D eigenvalue weighted by Gasteiger charge is 2.48. The van der Waals surface area contributed by atoms with Crippen molar-refractivity contribution in [2.75, 3.05) is 0 Å². The lowest BCUT2D eigenvalue weighted by atomic mass is 9.90. The average molecular weight is 422 g/mol. The van der Waals surface area contributed by atoms with Crippen LogP contribution in [0.5, 0.6) is 0 Å². The van der Waals surface area contributed by atoms with Crippen LogP contribution in [0, 0.1) is 11.9 Å². The van der Waals surface area contributed by atoms with Crippen molar-refractivity contribution < 1.29 is 4.39 Å². The molecule has 2 N–H and O–H groups in total.